The number of carbonyl (C=O) groups is 2. The molecule has 4 atom stereocenters. The molecular formula is C21H36N5O8P. The van der Waals surface area contributed by atoms with E-state index in [-0.39, 0.29) is 31.2 Å². The van der Waals surface area contributed by atoms with Crippen LogP contribution in [0, 0.1) is 0 Å². The summed E-state index contributed by atoms with van der Waals surface area (Å²) < 4.78 is 36.9. The maximum absolute atomic E-state index is 13.8. The van der Waals surface area contributed by atoms with Gasteiger partial charge in [-0.05, 0) is 47.6 Å². The molecule has 1 unspecified atom stereocenters. The van der Waals surface area contributed by atoms with Gasteiger partial charge in [-0.25, -0.2) is 15.0 Å². The molecule has 1 aliphatic heterocycles. The Balaban J connectivity index is 2.18. The van der Waals surface area contributed by atoms with E-state index >= 15 is 0 Å². The Hall–Kier alpha value is -2.31. The molecule has 1 aromatic heterocycles. The quantitative estimate of drug-likeness (QED) is 0.263. The number of ether oxygens (including phenoxy) is 4. The highest BCUT2D eigenvalue weighted by molar-refractivity contribution is 7.59. The van der Waals surface area contributed by atoms with Gasteiger partial charge in [0.05, 0.1) is 31.5 Å². The van der Waals surface area contributed by atoms with Crippen molar-refractivity contribution in [1.82, 2.24) is 19.7 Å². The molecule has 2 rings (SSSR count). The average molecular weight is 518 g/mol. The standard InChI is InChI=1S/C21H36N5O8P/c1-12(2)33-19(27)14(5)24-35(30,25-15(6)20(28)34-13(3)4)11-32-17-10-31-9-16(17)26-8-7-18(22)23-21(26)29/h7-8,12-17H,9-11H2,1-6H3,(H2,22,23,29)(H2,24,25,30)/t14-,15-,16?,17-/m0/s1. The van der Waals surface area contributed by atoms with Crippen LogP contribution in [0.15, 0.2) is 17.1 Å². The van der Waals surface area contributed by atoms with Crippen LogP contribution in [-0.4, -0.2) is 71.4 Å². The van der Waals surface area contributed by atoms with Gasteiger partial charge in [0, 0.05) is 6.20 Å². The van der Waals surface area contributed by atoms with Crippen LogP contribution in [0.1, 0.15) is 47.6 Å². The normalized spacial score (nSPS) is 20.1. The summed E-state index contributed by atoms with van der Waals surface area (Å²) in [4.78, 5) is 40.6. The first-order chi connectivity index (χ1) is 16.3. The second kappa shape index (κ2) is 12.6. The SMILES string of the molecule is CC(C)OC(=O)[C@H](C)NP(=O)(CO[C@H]1COCC1n1ccc(N)nc1=O)N[C@@H](C)C(=O)OC(C)C. The number of hydrogen-bond acceptors (Lipinski definition) is 10. The Morgan fingerprint density at radius 2 is 1.66 bits per heavy atom. The third kappa shape index (κ3) is 8.69. The van der Waals surface area contributed by atoms with E-state index in [1.807, 2.05) is 0 Å². The summed E-state index contributed by atoms with van der Waals surface area (Å²) in [5.41, 5.74) is 5.00. The Kier molecular flexibility index (Phi) is 10.4. The van der Waals surface area contributed by atoms with Gasteiger partial charge >= 0.3 is 17.6 Å². The number of hydrogen-bond donors (Lipinski definition) is 3. The molecule has 13 nitrogen and oxygen atoms in total. The lowest BCUT2D eigenvalue weighted by Crippen LogP contribution is -2.44. The van der Waals surface area contributed by atoms with Crippen molar-refractivity contribution in [3.8, 4) is 0 Å². The highest BCUT2D eigenvalue weighted by Crippen LogP contribution is 2.39. The van der Waals surface area contributed by atoms with E-state index in [1.165, 1.54) is 30.7 Å². The van der Waals surface area contributed by atoms with Gasteiger partial charge < -0.3 is 24.7 Å². The molecule has 1 fully saturated rings. The van der Waals surface area contributed by atoms with Crippen LogP contribution in [-0.2, 0) is 33.1 Å². The number of carbonyl (C=O) groups excluding carboxylic acids is 2. The van der Waals surface area contributed by atoms with Gasteiger partial charge in [-0.2, -0.15) is 4.98 Å². The number of rotatable bonds is 12. The van der Waals surface area contributed by atoms with E-state index in [0.717, 1.165) is 0 Å². The van der Waals surface area contributed by atoms with Crippen molar-refractivity contribution in [3.05, 3.63) is 22.7 Å². The van der Waals surface area contributed by atoms with Crippen molar-refractivity contribution < 1.29 is 33.1 Å². The molecule has 0 aromatic carbocycles. The van der Waals surface area contributed by atoms with Crippen LogP contribution in [0.25, 0.3) is 0 Å². The molecule has 0 saturated carbocycles. The molecule has 0 amide bonds. The van der Waals surface area contributed by atoms with Crippen molar-refractivity contribution >= 4 is 25.2 Å². The summed E-state index contributed by atoms with van der Waals surface area (Å²) in [6.07, 6.45) is -0.291. The van der Waals surface area contributed by atoms with Crippen molar-refractivity contribution in [1.29, 1.82) is 0 Å². The van der Waals surface area contributed by atoms with E-state index in [2.05, 4.69) is 15.2 Å². The van der Waals surface area contributed by atoms with Crippen molar-refractivity contribution in [2.24, 2.45) is 0 Å². The number of esters is 2. The first-order valence-corrected chi connectivity index (χ1v) is 13.3. The van der Waals surface area contributed by atoms with Crippen molar-refractivity contribution in [2.45, 2.75) is 78.0 Å². The first-order valence-electron chi connectivity index (χ1n) is 11.4. The van der Waals surface area contributed by atoms with E-state index in [0.29, 0.717) is 0 Å². The molecule has 0 bridgehead atoms. The van der Waals surface area contributed by atoms with E-state index in [1.54, 1.807) is 27.7 Å². The minimum Gasteiger partial charge on any atom is -0.462 e. The predicted octanol–water partition coefficient (Wildman–Crippen LogP) is 0.792. The third-order valence-electron chi connectivity index (χ3n) is 4.89. The second-order valence-electron chi connectivity index (χ2n) is 8.89. The Morgan fingerprint density at radius 3 is 2.14 bits per heavy atom. The zero-order valence-electron chi connectivity index (χ0n) is 20.9. The smallest absolute Gasteiger partial charge is 0.349 e. The molecule has 0 spiro atoms. The zero-order valence-corrected chi connectivity index (χ0v) is 21.8. The monoisotopic (exact) mass is 517 g/mol. The van der Waals surface area contributed by atoms with Gasteiger partial charge in [-0.15, -0.1) is 0 Å². The van der Waals surface area contributed by atoms with Crippen LogP contribution in [0.3, 0.4) is 0 Å². The fourth-order valence-electron chi connectivity index (χ4n) is 3.33. The molecule has 14 heteroatoms. The summed E-state index contributed by atoms with van der Waals surface area (Å²) in [5.74, 6) is -1.13. The molecule has 1 aromatic rings. The molecule has 1 saturated heterocycles. The summed E-state index contributed by atoms with van der Waals surface area (Å²) in [6, 6.07) is -0.982. The number of nitrogens with zero attached hydrogens (tertiary/aromatic N) is 2. The second-order valence-corrected chi connectivity index (χ2v) is 11.1. The highest BCUT2D eigenvalue weighted by Gasteiger charge is 2.37. The molecule has 35 heavy (non-hydrogen) atoms. The van der Waals surface area contributed by atoms with Crippen molar-refractivity contribution in [3.63, 3.8) is 0 Å². The molecule has 198 valence electrons. The zero-order chi connectivity index (χ0) is 26.3. The lowest BCUT2D eigenvalue weighted by Gasteiger charge is -2.28. The van der Waals surface area contributed by atoms with Gasteiger partial charge in [0.25, 0.3) is 0 Å². The van der Waals surface area contributed by atoms with Gasteiger partial charge in [-0.1, -0.05) is 0 Å². The highest BCUT2D eigenvalue weighted by atomic mass is 31.2. The van der Waals surface area contributed by atoms with Gasteiger partial charge in [-0.3, -0.25) is 18.7 Å². The minimum absolute atomic E-state index is 0.0880. The first kappa shape index (κ1) is 28.9. The number of aromatic nitrogens is 2. The molecular weight excluding hydrogens is 481 g/mol. The summed E-state index contributed by atoms with van der Waals surface area (Å²) in [5, 5.41) is 5.47. The van der Waals surface area contributed by atoms with Gasteiger partial charge in [0.15, 0.2) is 0 Å². The summed E-state index contributed by atoms with van der Waals surface area (Å²) in [6.45, 7) is 10.1. The lowest BCUT2D eigenvalue weighted by atomic mass is 10.2. The largest absolute Gasteiger partial charge is 0.462 e. The maximum Gasteiger partial charge on any atom is 0.349 e. The summed E-state index contributed by atoms with van der Waals surface area (Å²) >= 11 is 0. The average Bonchev–Trinajstić information content (AvgIpc) is 3.19. The number of anilines is 1. The van der Waals surface area contributed by atoms with Gasteiger partial charge in [0.1, 0.15) is 30.4 Å². The van der Waals surface area contributed by atoms with E-state index in [4.69, 9.17) is 24.7 Å². The third-order valence-corrected chi connectivity index (χ3v) is 7.02. The van der Waals surface area contributed by atoms with Gasteiger partial charge in [0.2, 0.25) is 7.44 Å². The van der Waals surface area contributed by atoms with Crippen molar-refractivity contribution in [2.75, 3.05) is 25.3 Å². The summed E-state index contributed by atoms with van der Waals surface area (Å²) in [7, 11) is -3.72. The molecule has 2 heterocycles. The predicted molar refractivity (Wildman–Crippen MR) is 128 cm³/mol. The van der Waals surface area contributed by atoms with Crippen LogP contribution >= 0.6 is 7.44 Å². The molecule has 1 aliphatic rings. The Labute approximate surface area is 204 Å². The maximum atomic E-state index is 13.8. The van der Waals surface area contributed by atoms with Crippen LogP contribution in [0.5, 0.6) is 0 Å². The Morgan fingerprint density at radius 1 is 1.11 bits per heavy atom. The molecule has 0 radical (unpaired) electrons. The van der Waals surface area contributed by atoms with Crippen LogP contribution < -0.4 is 21.6 Å². The van der Waals surface area contributed by atoms with E-state index in [9.17, 15) is 18.9 Å². The van der Waals surface area contributed by atoms with Crippen LogP contribution in [0.4, 0.5) is 5.82 Å². The lowest BCUT2D eigenvalue weighted by molar-refractivity contribution is -0.149. The Bertz CT molecular complexity index is 951. The number of nitrogens with two attached hydrogens (primary N) is 1. The van der Waals surface area contributed by atoms with E-state index < -0.39 is 55.6 Å². The molecule has 0 aliphatic carbocycles. The fourth-order valence-corrected chi connectivity index (χ4v) is 5.42. The topological polar surface area (TPSA) is 173 Å². The number of nitrogen functional groups attached to an aromatic ring is 1. The van der Waals surface area contributed by atoms with Crippen LogP contribution in [0.2, 0.25) is 0 Å². The minimum atomic E-state index is -3.72. The number of nitrogens with one attached hydrogen (secondary N) is 2. The fraction of sp³-hybridized carbons (Fsp3) is 0.714. The molecule has 4 N–H and O–H groups in total.